The highest BCUT2D eigenvalue weighted by molar-refractivity contribution is 9.10. The Hall–Kier alpha value is -1.73. The summed E-state index contributed by atoms with van der Waals surface area (Å²) in [5.74, 6) is 1.38. The quantitative estimate of drug-likeness (QED) is 0.821. The summed E-state index contributed by atoms with van der Waals surface area (Å²) in [6, 6.07) is 6.76. The van der Waals surface area contributed by atoms with Crippen LogP contribution in [0.15, 0.2) is 35.1 Å². The Balaban J connectivity index is 1.78. The van der Waals surface area contributed by atoms with Gasteiger partial charge >= 0.3 is 0 Å². The SMILES string of the molecule is CN(Cc1ccc(F)cc1Br)c1cc(N2CCCCC2CO)ncn1. The molecule has 1 unspecified atom stereocenters. The fourth-order valence-electron chi connectivity index (χ4n) is 3.18. The highest BCUT2D eigenvalue weighted by atomic mass is 79.9. The number of aliphatic hydroxyl groups is 1. The summed E-state index contributed by atoms with van der Waals surface area (Å²) < 4.78 is 14.0. The van der Waals surface area contributed by atoms with Gasteiger partial charge in [0.15, 0.2) is 0 Å². The first-order valence-electron chi connectivity index (χ1n) is 8.43. The largest absolute Gasteiger partial charge is 0.394 e. The summed E-state index contributed by atoms with van der Waals surface area (Å²) in [5, 5.41) is 9.62. The second-order valence-electron chi connectivity index (χ2n) is 6.35. The van der Waals surface area contributed by atoms with Gasteiger partial charge in [0.05, 0.1) is 12.6 Å². The Morgan fingerprint density at radius 1 is 1.32 bits per heavy atom. The van der Waals surface area contributed by atoms with Crippen LogP contribution in [0.1, 0.15) is 24.8 Å². The van der Waals surface area contributed by atoms with Crippen LogP contribution >= 0.6 is 15.9 Å². The molecule has 3 rings (SSSR count). The minimum atomic E-state index is -0.261. The Labute approximate surface area is 155 Å². The van der Waals surface area contributed by atoms with E-state index in [1.54, 1.807) is 12.4 Å². The van der Waals surface area contributed by atoms with E-state index in [9.17, 15) is 9.50 Å². The zero-order chi connectivity index (χ0) is 17.8. The lowest BCUT2D eigenvalue weighted by Gasteiger charge is -2.35. The van der Waals surface area contributed by atoms with Gasteiger partial charge in [-0.3, -0.25) is 0 Å². The van der Waals surface area contributed by atoms with Crippen LogP contribution in [-0.4, -0.2) is 41.3 Å². The molecule has 1 N–H and O–H groups in total. The van der Waals surface area contributed by atoms with Crippen molar-refractivity contribution in [1.29, 1.82) is 0 Å². The molecule has 1 aliphatic rings. The third-order valence-corrected chi connectivity index (χ3v) is 5.32. The van der Waals surface area contributed by atoms with E-state index in [2.05, 4.69) is 30.8 Å². The van der Waals surface area contributed by atoms with Crippen molar-refractivity contribution in [2.24, 2.45) is 0 Å². The van der Waals surface area contributed by atoms with Crippen molar-refractivity contribution < 1.29 is 9.50 Å². The second-order valence-corrected chi connectivity index (χ2v) is 7.21. The molecule has 5 nitrogen and oxygen atoms in total. The number of rotatable bonds is 5. The topological polar surface area (TPSA) is 52.5 Å². The first-order chi connectivity index (χ1) is 12.1. The maximum Gasteiger partial charge on any atom is 0.134 e. The van der Waals surface area contributed by atoms with Gasteiger partial charge in [0.25, 0.3) is 0 Å². The van der Waals surface area contributed by atoms with Gasteiger partial charge in [-0.1, -0.05) is 22.0 Å². The van der Waals surface area contributed by atoms with Crippen LogP contribution in [0.25, 0.3) is 0 Å². The van der Waals surface area contributed by atoms with E-state index in [4.69, 9.17) is 0 Å². The predicted molar refractivity (Wildman–Crippen MR) is 100 cm³/mol. The second kappa shape index (κ2) is 8.10. The number of halogens is 2. The molecule has 0 bridgehead atoms. The van der Waals surface area contributed by atoms with Crippen LogP contribution < -0.4 is 9.80 Å². The summed E-state index contributed by atoms with van der Waals surface area (Å²) in [7, 11) is 1.95. The zero-order valence-electron chi connectivity index (χ0n) is 14.2. The number of aromatic nitrogens is 2. The lowest BCUT2D eigenvalue weighted by atomic mass is 10.0. The average Bonchev–Trinajstić information content (AvgIpc) is 2.64. The fraction of sp³-hybridized carbons (Fsp3) is 0.444. The van der Waals surface area contributed by atoms with Crippen LogP contribution in [0.3, 0.4) is 0 Å². The summed E-state index contributed by atoms with van der Waals surface area (Å²) >= 11 is 3.41. The maximum absolute atomic E-state index is 13.2. The summed E-state index contributed by atoms with van der Waals surface area (Å²) in [6.45, 7) is 1.63. The molecule has 0 radical (unpaired) electrons. The van der Waals surface area contributed by atoms with E-state index >= 15 is 0 Å². The number of hydrogen-bond acceptors (Lipinski definition) is 5. The average molecular weight is 409 g/mol. The monoisotopic (exact) mass is 408 g/mol. The van der Waals surface area contributed by atoms with E-state index in [1.165, 1.54) is 12.1 Å². The van der Waals surface area contributed by atoms with Crippen molar-refractivity contribution >= 4 is 27.6 Å². The first kappa shape index (κ1) is 18.1. The Morgan fingerprint density at radius 2 is 2.16 bits per heavy atom. The molecule has 0 spiro atoms. The predicted octanol–water partition coefficient (Wildman–Crippen LogP) is 3.37. The minimum absolute atomic E-state index is 0.119. The lowest BCUT2D eigenvalue weighted by Crippen LogP contribution is -2.42. The molecule has 1 aliphatic heterocycles. The lowest BCUT2D eigenvalue weighted by molar-refractivity contribution is 0.239. The number of benzene rings is 1. The molecule has 134 valence electrons. The van der Waals surface area contributed by atoms with Gasteiger partial charge in [0, 0.05) is 30.7 Å². The summed E-state index contributed by atoms with van der Waals surface area (Å²) in [4.78, 5) is 12.9. The third kappa shape index (κ3) is 4.27. The molecule has 0 saturated carbocycles. The molecule has 2 aromatic rings. The minimum Gasteiger partial charge on any atom is -0.394 e. The van der Waals surface area contributed by atoms with E-state index < -0.39 is 0 Å². The molecule has 1 atom stereocenters. The highest BCUT2D eigenvalue weighted by Crippen LogP contribution is 2.26. The van der Waals surface area contributed by atoms with Gasteiger partial charge in [-0.2, -0.15) is 0 Å². The smallest absolute Gasteiger partial charge is 0.134 e. The third-order valence-electron chi connectivity index (χ3n) is 4.58. The van der Waals surface area contributed by atoms with E-state index in [-0.39, 0.29) is 18.5 Å². The van der Waals surface area contributed by atoms with Crippen LogP contribution in [0.4, 0.5) is 16.0 Å². The van der Waals surface area contributed by atoms with Crippen LogP contribution in [0, 0.1) is 5.82 Å². The van der Waals surface area contributed by atoms with Crippen LogP contribution in [-0.2, 0) is 6.54 Å². The van der Waals surface area contributed by atoms with Crippen molar-refractivity contribution in [2.45, 2.75) is 31.8 Å². The molecule has 1 fully saturated rings. The standard InChI is InChI=1S/C18H22BrFN4O/c1-23(10-13-5-6-14(20)8-16(13)19)17-9-18(22-12-21-17)24-7-3-2-4-15(24)11-25/h5-6,8-9,12,15,25H,2-4,7,10-11H2,1H3. The van der Waals surface area contributed by atoms with Gasteiger partial charge in [0.1, 0.15) is 23.8 Å². The number of hydrogen-bond donors (Lipinski definition) is 1. The number of nitrogens with zero attached hydrogens (tertiary/aromatic N) is 4. The van der Waals surface area contributed by atoms with Crippen LogP contribution in [0.5, 0.6) is 0 Å². The molecule has 1 saturated heterocycles. The van der Waals surface area contributed by atoms with Crippen molar-refractivity contribution in [3.63, 3.8) is 0 Å². The Kier molecular flexibility index (Phi) is 5.86. The normalized spacial score (nSPS) is 17.6. The molecule has 0 amide bonds. The number of aliphatic hydroxyl groups excluding tert-OH is 1. The molecule has 2 heterocycles. The number of anilines is 2. The van der Waals surface area contributed by atoms with Gasteiger partial charge in [-0.25, -0.2) is 14.4 Å². The van der Waals surface area contributed by atoms with Crippen molar-refractivity contribution in [3.05, 3.63) is 46.4 Å². The first-order valence-corrected chi connectivity index (χ1v) is 9.22. The highest BCUT2D eigenvalue weighted by Gasteiger charge is 2.23. The molecule has 1 aromatic carbocycles. The fourth-order valence-corrected chi connectivity index (χ4v) is 3.66. The molecule has 25 heavy (non-hydrogen) atoms. The molecular formula is C18H22BrFN4O. The van der Waals surface area contributed by atoms with Gasteiger partial charge < -0.3 is 14.9 Å². The molecular weight excluding hydrogens is 387 g/mol. The van der Waals surface area contributed by atoms with Crippen molar-refractivity contribution in [2.75, 3.05) is 30.0 Å². The Morgan fingerprint density at radius 3 is 2.92 bits per heavy atom. The van der Waals surface area contributed by atoms with Crippen molar-refractivity contribution in [1.82, 2.24) is 9.97 Å². The summed E-state index contributed by atoms with van der Waals surface area (Å²) in [6.07, 6.45) is 4.78. The molecule has 0 aliphatic carbocycles. The van der Waals surface area contributed by atoms with E-state index in [0.29, 0.717) is 6.54 Å². The zero-order valence-corrected chi connectivity index (χ0v) is 15.8. The molecule has 1 aromatic heterocycles. The summed E-state index contributed by atoms with van der Waals surface area (Å²) in [5.41, 5.74) is 0.982. The van der Waals surface area contributed by atoms with Gasteiger partial charge in [-0.05, 0) is 37.0 Å². The Bertz CT molecular complexity index is 730. The van der Waals surface area contributed by atoms with E-state index in [1.807, 2.05) is 18.0 Å². The van der Waals surface area contributed by atoms with Gasteiger partial charge in [-0.15, -0.1) is 0 Å². The van der Waals surface area contributed by atoms with E-state index in [0.717, 1.165) is 47.5 Å². The van der Waals surface area contributed by atoms with Gasteiger partial charge in [0.2, 0.25) is 0 Å². The number of piperidine rings is 1. The maximum atomic E-state index is 13.2. The van der Waals surface area contributed by atoms with Crippen LogP contribution in [0.2, 0.25) is 0 Å². The molecule has 7 heteroatoms. The van der Waals surface area contributed by atoms with Crippen molar-refractivity contribution in [3.8, 4) is 0 Å².